The van der Waals surface area contributed by atoms with Crippen LogP contribution in [0, 0.1) is 0 Å². The van der Waals surface area contributed by atoms with Crippen molar-refractivity contribution < 1.29 is 23.8 Å². The van der Waals surface area contributed by atoms with Gasteiger partial charge in [-0.2, -0.15) is 0 Å². The molecule has 0 N–H and O–H groups in total. The first-order valence-electron chi connectivity index (χ1n) is 7.06. The van der Waals surface area contributed by atoms with Gasteiger partial charge in [0.25, 0.3) is 0 Å². The van der Waals surface area contributed by atoms with Crippen LogP contribution in [-0.4, -0.2) is 80.5 Å². The maximum atomic E-state index is 12.0. The monoisotopic (exact) mass is 302 g/mol. The molecule has 0 aromatic heterocycles. The van der Waals surface area contributed by atoms with Crippen molar-refractivity contribution >= 4 is 12.1 Å². The predicted molar refractivity (Wildman–Crippen MR) is 77.1 cm³/mol. The van der Waals surface area contributed by atoms with Gasteiger partial charge in [0.15, 0.2) is 0 Å². The van der Waals surface area contributed by atoms with E-state index in [1.807, 2.05) is 32.7 Å². The van der Waals surface area contributed by atoms with Gasteiger partial charge < -0.3 is 19.1 Å². The van der Waals surface area contributed by atoms with Crippen molar-refractivity contribution in [2.75, 3.05) is 46.9 Å². The van der Waals surface area contributed by atoms with E-state index in [1.165, 1.54) is 7.11 Å². The molecule has 0 radical (unpaired) electrons. The minimum Gasteiger partial charge on any atom is -0.468 e. The van der Waals surface area contributed by atoms with Crippen LogP contribution in [0.5, 0.6) is 0 Å². The number of hydrogen-bond donors (Lipinski definition) is 0. The highest BCUT2D eigenvalue weighted by Crippen LogP contribution is 2.13. The molecule has 1 saturated heterocycles. The third-order valence-electron chi connectivity index (χ3n) is 2.93. The molecule has 1 unspecified atom stereocenters. The maximum absolute atomic E-state index is 12.0. The number of rotatable bonds is 4. The second-order valence-electron chi connectivity index (χ2n) is 6.19. The Balaban J connectivity index is 2.45. The zero-order chi connectivity index (χ0) is 16.0. The van der Waals surface area contributed by atoms with Crippen LogP contribution in [0.4, 0.5) is 4.79 Å². The van der Waals surface area contributed by atoms with Gasteiger partial charge in [-0.3, -0.25) is 9.69 Å². The first-order valence-corrected chi connectivity index (χ1v) is 7.06. The summed E-state index contributed by atoms with van der Waals surface area (Å²) in [5.41, 5.74) is -0.507. The fraction of sp³-hybridized carbons (Fsp3) is 0.857. The van der Waals surface area contributed by atoms with Gasteiger partial charge >= 0.3 is 12.1 Å². The van der Waals surface area contributed by atoms with E-state index in [0.717, 1.165) is 0 Å². The van der Waals surface area contributed by atoms with Crippen LogP contribution in [0.25, 0.3) is 0 Å². The molecule has 1 atom stereocenters. The Labute approximate surface area is 126 Å². The minimum atomic E-state index is -0.507. The summed E-state index contributed by atoms with van der Waals surface area (Å²) in [5, 5.41) is 0. The van der Waals surface area contributed by atoms with E-state index >= 15 is 0 Å². The molecule has 7 nitrogen and oxygen atoms in total. The zero-order valence-electron chi connectivity index (χ0n) is 13.5. The number of carbonyl (C=O) groups excluding carboxylic acids is 2. The summed E-state index contributed by atoms with van der Waals surface area (Å²) >= 11 is 0. The highest BCUT2D eigenvalue weighted by Gasteiger charge is 2.28. The standard InChI is InChI=1S/C14H26N2O5/c1-14(2,3)21-13(18)16-6-7-20-11(9-16)8-15(4)10-12(17)19-5/h11H,6-10H2,1-5H3. The molecule has 0 bridgehead atoms. The van der Waals surface area contributed by atoms with Gasteiger partial charge in [-0.1, -0.05) is 0 Å². The van der Waals surface area contributed by atoms with Gasteiger partial charge in [0.2, 0.25) is 0 Å². The molecule has 1 heterocycles. The number of amides is 1. The molecular formula is C14H26N2O5. The van der Waals surface area contributed by atoms with Crippen LogP contribution in [0.3, 0.4) is 0 Å². The average Bonchev–Trinajstić information content (AvgIpc) is 2.36. The molecule has 0 aliphatic carbocycles. The highest BCUT2D eigenvalue weighted by molar-refractivity contribution is 5.71. The van der Waals surface area contributed by atoms with Crippen molar-refractivity contribution in [3.63, 3.8) is 0 Å². The molecule has 1 rings (SSSR count). The van der Waals surface area contributed by atoms with Gasteiger partial charge in [0.05, 0.1) is 32.9 Å². The summed E-state index contributed by atoms with van der Waals surface area (Å²) in [4.78, 5) is 26.7. The Hall–Kier alpha value is -1.34. The van der Waals surface area contributed by atoms with Crippen molar-refractivity contribution in [1.29, 1.82) is 0 Å². The molecule has 21 heavy (non-hydrogen) atoms. The predicted octanol–water partition coefficient (Wildman–Crippen LogP) is 0.727. The molecule has 1 aliphatic rings. The molecule has 122 valence electrons. The van der Waals surface area contributed by atoms with Gasteiger partial charge in [-0.25, -0.2) is 4.79 Å². The lowest BCUT2D eigenvalue weighted by atomic mass is 10.2. The van der Waals surface area contributed by atoms with Crippen LogP contribution in [-0.2, 0) is 19.0 Å². The molecule has 0 aromatic rings. The average molecular weight is 302 g/mol. The Kier molecular flexibility index (Phi) is 6.42. The fourth-order valence-corrected chi connectivity index (χ4v) is 2.02. The van der Waals surface area contributed by atoms with E-state index in [0.29, 0.717) is 26.2 Å². The number of nitrogens with zero attached hydrogens (tertiary/aromatic N) is 2. The molecule has 1 amide bonds. The van der Waals surface area contributed by atoms with E-state index in [2.05, 4.69) is 4.74 Å². The minimum absolute atomic E-state index is 0.138. The van der Waals surface area contributed by atoms with Crippen molar-refractivity contribution in [2.45, 2.75) is 32.5 Å². The second kappa shape index (κ2) is 7.61. The SMILES string of the molecule is COC(=O)CN(C)CC1CN(C(=O)OC(C)(C)C)CCO1. The van der Waals surface area contributed by atoms with Gasteiger partial charge in [-0.05, 0) is 27.8 Å². The number of methoxy groups -OCH3 is 1. The Morgan fingerprint density at radius 3 is 2.62 bits per heavy atom. The van der Waals surface area contributed by atoms with Crippen LogP contribution in [0.1, 0.15) is 20.8 Å². The summed E-state index contributed by atoms with van der Waals surface area (Å²) in [7, 11) is 3.17. The van der Waals surface area contributed by atoms with Crippen LogP contribution in [0.15, 0.2) is 0 Å². The number of hydrogen-bond acceptors (Lipinski definition) is 6. The molecule has 7 heteroatoms. The molecule has 1 fully saturated rings. The number of likely N-dealkylation sites (N-methyl/N-ethyl adjacent to an activating group) is 1. The summed E-state index contributed by atoms with van der Waals surface area (Å²) in [6, 6.07) is 0. The first kappa shape index (κ1) is 17.7. The van der Waals surface area contributed by atoms with Crippen LogP contribution >= 0.6 is 0 Å². The number of esters is 1. The van der Waals surface area contributed by atoms with E-state index in [1.54, 1.807) is 4.90 Å². The lowest BCUT2D eigenvalue weighted by molar-refractivity contribution is -0.142. The van der Waals surface area contributed by atoms with E-state index in [9.17, 15) is 9.59 Å². The fourth-order valence-electron chi connectivity index (χ4n) is 2.02. The molecular weight excluding hydrogens is 276 g/mol. The lowest BCUT2D eigenvalue weighted by Crippen LogP contribution is -2.50. The van der Waals surface area contributed by atoms with Gasteiger partial charge in [0.1, 0.15) is 5.60 Å². The Morgan fingerprint density at radius 1 is 1.38 bits per heavy atom. The lowest BCUT2D eigenvalue weighted by Gasteiger charge is -2.35. The van der Waals surface area contributed by atoms with E-state index in [4.69, 9.17) is 9.47 Å². The van der Waals surface area contributed by atoms with Crippen molar-refractivity contribution in [3.05, 3.63) is 0 Å². The van der Waals surface area contributed by atoms with E-state index in [-0.39, 0.29) is 24.7 Å². The van der Waals surface area contributed by atoms with Crippen molar-refractivity contribution in [1.82, 2.24) is 9.80 Å². The topological polar surface area (TPSA) is 68.3 Å². The molecule has 0 spiro atoms. The molecule has 0 saturated carbocycles. The molecule has 1 aliphatic heterocycles. The Morgan fingerprint density at radius 2 is 2.05 bits per heavy atom. The normalized spacial score (nSPS) is 19.5. The highest BCUT2D eigenvalue weighted by atomic mass is 16.6. The summed E-state index contributed by atoms with van der Waals surface area (Å²) in [5.74, 6) is -0.294. The third-order valence-corrected chi connectivity index (χ3v) is 2.93. The summed E-state index contributed by atoms with van der Waals surface area (Å²) in [6.07, 6.45) is -0.465. The van der Waals surface area contributed by atoms with Gasteiger partial charge in [0, 0.05) is 13.1 Å². The smallest absolute Gasteiger partial charge is 0.410 e. The first-order chi connectivity index (χ1) is 9.71. The summed E-state index contributed by atoms with van der Waals surface area (Å²) < 4.78 is 15.6. The van der Waals surface area contributed by atoms with Crippen molar-refractivity contribution in [3.8, 4) is 0 Å². The number of morpholine rings is 1. The van der Waals surface area contributed by atoms with Crippen LogP contribution < -0.4 is 0 Å². The van der Waals surface area contributed by atoms with E-state index < -0.39 is 5.60 Å². The zero-order valence-corrected chi connectivity index (χ0v) is 13.5. The number of carbonyl (C=O) groups is 2. The quantitative estimate of drug-likeness (QED) is 0.713. The van der Waals surface area contributed by atoms with Crippen molar-refractivity contribution in [2.24, 2.45) is 0 Å². The number of ether oxygens (including phenoxy) is 3. The maximum Gasteiger partial charge on any atom is 0.410 e. The third kappa shape index (κ3) is 6.77. The largest absolute Gasteiger partial charge is 0.468 e. The van der Waals surface area contributed by atoms with Crippen LogP contribution in [0.2, 0.25) is 0 Å². The second-order valence-corrected chi connectivity index (χ2v) is 6.19. The molecule has 0 aromatic carbocycles. The summed E-state index contributed by atoms with van der Waals surface area (Å²) in [6.45, 7) is 7.71. The van der Waals surface area contributed by atoms with Gasteiger partial charge in [-0.15, -0.1) is 0 Å². The Bertz CT molecular complexity index is 367.